The van der Waals surface area contributed by atoms with Crippen LogP contribution in [0.15, 0.2) is 127 Å². The number of benzene rings is 5. The average Bonchev–Trinajstić information content (AvgIpc) is 3.57. The molecule has 0 fully saturated rings. The molecular weight excluding hydrogens is 440 g/mol. The highest BCUT2D eigenvalue weighted by molar-refractivity contribution is 6.15. The van der Waals surface area contributed by atoms with E-state index in [0.29, 0.717) is 5.82 Å². The van der Waals surface area contributed by atoms with Crippen molar-refractivity contribution in [2.45, 2.75) is 0 Å². The fourth-order valence-corrected chi connectivity index (χ4v) is 4.94. The van der Waals surface area contributed by atoms with Gasteiger partial charge in [-0.15, -0.1) is 5.10 Å². The smallest absolute Gasteiger partial charge is 0.182 e. The molecule has 0 radical (unpaired) electrons. The Morgan fingerprint density at radius 1 is 0.556 bits per heavy atom. The van der Waals surface area contributed by atoms with E-state index < -0.39 is 0 Å². The van der Waals surface area contributed by atoms with Crippen molar-refractivity contribution in [3.63, 3.8) is 0 Å². The molecule has 0 aliphatic carbocycles. The number of hydrogen-bond acceptors (Lipinski definition) is 2. The van der Waals surface area contributed by atoms with Gasteiger partial charge in [-0.2, -0.15) is 0 Å². The lowest BCUT2D eigenvalue weighted by molar-refractivity contribution is 0.898. The van der Waals surface area contributed by atoms with E-state index in [2.05, 4.69) is 77.8 Å². The molecule has 7 rings (SSSR count). The summed E-state index contributed by atoms with van der Waals surface area (Å²) in [5.74, 6) is 1.52. The molecular formula is C32H22N4. The summed E-state index contributed by atoms with van der Waals surface area (Å²) >= 11 is 0. The molecule has 0 spiro atoms. The van der Waals surface area contributed by atoms with E-state index in [0.717, 1.165) is 50.0 Å². The number of hydrogen-bond donors (Lipinski definition) is 1. The molecule has 7 aromatic rings. The van der Waals surface area contributed by atoms with E-state index in [4.69, 9.17) is 10.1 Å². The van der Waals surface area contributed by atoms with E-state index in [1.807, 2.05) is 59.3 Å². The number of rotatable bonds is 4. The lowest BCUT2D eigenvalue weighted by Crippen LogP contribution is -2.01. The summed E-state index contributed by atoms with van der Waals surface area (Å²) in [7, 11) is 0. The summed E-state index contributed by atoms with van der Waals surface area (Å²) in [5, 5.41) is 7.35. The Bertz CT molecular complexity index is 1810. The van der Waals surface area contributed by atoms with Gasteiger partial charge in [-0.25, -0.2) is 9.67 Å². The number of aromatic nitrogens is 4. The Labute approximate surface area is 208 Å². The maximum atomic E-state index is 5.06. The molecule has 0 saturated carbocycles. The minimum Gasteiger partial charge on any atom is -0.354 e. The summed E-state index contributed by atoms with van der Waals surface area (Å²) in [4.78, 5) is 8.71. The van der Waals surface area contributed by atoms with Gasteiger partial charge in [-0.1, -0.05) is 115 Å². The maximum Gasteiger partial charge on any atom is 0.182 e. The number of fused-ring (bicyclic) bond motifs is 3. The second-order valence-electron chi connectivity index (χ2n) is 8.82. The first kappa shape index (κ1) is 20.4. The third-order valence-corrected chi connectivity index (χ3v) is 6.62. The highest BCUT2D eigenvalue weighted by Crippen LogP contribution is 2.38. The highest BCUT2D eigenvalue weighted by Gasteiger charge is 2.20. The summed E-state index contributed by atoms with van der Waals surface area (Å²) in [6, 6.07) is 43.7. The summed E-state index contributed by atoms with van der Waals surface area (Å²) in [6.07, 6.45) is 0. The van der Waals surface area contributed by atoms with Gasteiger partial charge in [0.25, 0.3) is 0 Å². The van der Waals surface area contributed by atoms with Crippen molar-refractivity contribution < 1.29 is 0 Å². The first-order valence-electron chi connectivity index (χ1n) is 12.0. The fourth-order valence-electron chi connectivity index (χ4n) is 4.94. The Morgan fingerprint density at radius 3 is 1.89 bits per heavy atom. The Balaban J connectivity index is 1.56. The van der Waals surface area contributed by atoms with Gasteiger partial charge >= 0.3 is 0 Å². The second kappa shape index (κ2) is 8.36. The Kier molecular flexibility index (Phi) is 4.74. The first-order valence-corrected chi connectivity index (χ1v) is 12.0. The zero-order valence-corrected chi connectivity index (χ0v) is 19.5. The van der Waals surface area contributed by atoms with Crippen LogP contribution in [0.2, 0.25) is 0 Å². The number of H-pyrrole nitrogens is 1. The van der Waals surface area contributed by atoms with Crippen molar-refractivity contribution in [1.29, 1.82) is 0 Å². The molecule has 36 heavy (non-hydrogen) atoms. The van der Waals surface area contributed by atoms with E-state index in [1.165, 1.54) is 5.56 Å². The lowest BCUT2D eigenvalue weighted by Gasteiger charge is -2.11. The van der Waals surface area contributed by atoms with Crippen LogP contribution in [0.3, 0.4) is 0 Å². The van der Waals surface area contributed by atoms with Gasteiger partial charge in [0.15, 0.2) is 11.6 Å². The molecule has 4 heteroatoms. The van der Waals surface area contributed by atoms with Crippen molar-refractivity contribution in [2.24, 2.45) is 0 Å². The van der Waals surface area contributed by atoms with E-state index in [1.54, 1.807) is 0 Å². The quantitative estimate of drug-likeness (QED) is 0.289. The van der Waals surface area contributed by atoms with Crippen LogP contribution in [0.4, 0.5) is 0 Å². The van der Waals surface area contributed by atoms with Crippen LogP contribution in [-0.2, 0) is 0 Å². The van der Waals surface area contributed by atoms with Crippen molar-refractivity contribution in [2.75, 3.05) is 0 Å². The van der Waals surface area contributed by atoms with Crippen LogP contribution in [0.5, 0.6) is 0 Å². The lowest BCUT2D eigenvalue weighted by atomic mass is 10.0. The molecule has 170 valence electrons. The molecule has 2 aromatic heterocycles. The number of nitrogens with one attached hydrogen (secondary N) is 1. The standard InChI is InChI=1S/C32H22N4/c1-4-12-22(13-5-1)25-20-21-28(29-26-18-10-11-19-27(26)33-30(25)29)36-32(24-16-8-3-9-17-24)34-31(35-36)23-14-6-2-7-15-23/h1-21,33H. The van der Waals surface area contributed by atoms with Crippen molar-refractivity contribution >= 4 is 21.8 Å². The Hall–Kier alpha value is -4.96. The van der Waals surface area contributed by atoms with Crippen LogP contribution in [0.1, 0.15) is 0 Å². The molecule has 0 aliphatic heterocycles. The zero-order chi connectivity index (χ0) is 23.9. The van der Waals surface area contributed by atoms with Gasteiger partial charge in [0, 0.05) is 33.0 Å². The van der Waals surface area contributed by atoms with Gasteiger partial charge in [-0.05, 0) is 17.7 Å². The minimum absolute atomic E-state index is 0.703. The van der Waals surface area contributed by atoms with Crippen molar-refractivity contribution in [1.82, 2.24) is 19.7 Å². The molecule has 0 bridgehead atoms. The maximum absolute atomic E-state index is 5.06. The predicted octanol–water partition coefficient (Wildman–Crippen LogP) is 7.90. The molecule has 0 amide bonds. The van der Waals surface area contributed by atoms with E-state index in [9.17, 15) is 0 Å². The van der Waals surface area contributed by atoms with Crippen LogP contribution in [-0.4, -0.2) is 19.7 Å². The summed E-state index contributed by atoms with van der Waals surface area (Å²) in [5.41, 5.74) is 7.53. The third kappa shape index (κ3) is 3.31. The monoisotopic (exact) mass is 462 g/mol. The molecule has 1 N–H and O–H groups in total. The van der Waals surface area contributed by atoms with Crippen LogP contribution in [0, 0.1) is 0 Å². The summed E-state index contributed by atoms with van der Waals surface area (Å²) in [6.45, 7) is 0. The van der Waals surface area contributed by atoms with Gasteiger partial charge in [0.2, 0.25) is 0 Å². The van der Waals surface area contributed by atoms with E-state index in [-0.39, 0.29) is 0 Å². The molecule has 4 nitrogen and oxygen atoms in total. The van der Waals surface area contributed by atoms with Crippen molar-refractivity contribution in [3.05, 3.63) is 127 Å². The van der Waals surface area contributed by atoms with Gasteiger partial charge < -0.3 is 4.98 Å². The van der Waals surface area contributed by atoms with Crippen molar-refractivity contribution in [3.8, 4) is 39.6 Å². The Morgan fingerprint density at radius 2 is 1.17 bits per heavy atom. The van der Waals surface area contributed by atoms with Crippen LogP contribution < -0.4 is 0 Å². The average molecular weight is 463 g/mol. The zero-order valence-electron chi connectivity index (χ0n) is 19.5. The normalized spacial score (nSPS) is 11.3. The molecule has 5 aromatic carbocycles. The fraction of sp³-hybridized carbons (Fsp3) is 0. The first-order chi connectivity index (χ1) is 17.9. The second-order valence-corrected chi connectivity index (χ2v) is 8.82. The van der Waals surface area contributed by atoms with Crippen LogP contribution >= 0.6 is 0 Å². The third-order valence-electron chi connectivity index (χ3n) is 6.62. The molecule has 2 heterocycles. The number of para-hydroxylation sites is 1. The topological polar surface area (TPSA) is 46.5 Å². The highest BCUT2D eigenvalue weighted by atomic mass is 15.4. The van der Waals surface area contributed by atoms with Gasteiger partial charge in [0.05, 0.1) is 11.2 Å². The van der Waals surface area contributed by atoms with E-state index >= 15 is 0 Å². The SMILES string of the molecule is c1ccc(-c2nc(-c3ccccc3)n(-c3ccc(-c4ccccc4)c4[nH]c5ccccc5c34)n2)cc1. The molecule has 0 saturated heterocycles. The predicted molar refractivity (Wildman–Crippen MR) is 147 cm³/mol. The molecule has 0 atom stereocenters. The molecule has 0 aliphatic rings. The molecule has 0 unspecified atom stereocenters. The van der Waals surface area contributed by atoms with Gasteiger partial charge in [-0.3, -0.25) is 0 Å². The largest absolute Gasteiger partial charge is 0.354 e. The number of aromatic amines is 1. The number of nitrogens with zero attached hydrogens (tertiary/aromatic N) is 3. The van der Waals surface area contributed by atoms with Gasteiger partial charge in [0.1, 0.15) is 0 Å². The van der Waals surface area contributed by atoms with Crippen LogP contribution in [0.25, 0.3) is 61.4 Å². The summed E-state index contributed by atoms with van der Waals surface area (Å²) < 4.78 is 2.00. The minimum atomic E-state index is 0.703.